The second kappa shape index (κ2) is 6.75. The summed E-state index contributed by atoms with van der Waals surface area (Å²) in [5.41, 5.74) is 1.77. The van der Waals surface area contributed by atoms with Crippen molar-refractivity contribution in [3.63, 3.8) is 0 Å². The van der Waals surface area contributed by atoms with Gasteiger partial charge < -0.3 is 15.0 Å². The molecule has 0 amide bonds. The second-order valence-corrected chi connectivity index (χ2v) is 6.08. The van der Waals surface area contributed by atoms with Gasteiger partial charge in [0.05, 0.1) is 11.8 Å². The summed E-state index contributed by atoms with van der Waals surface area (Å²) in [6.07, 6.45) is 4.83. The van der Waals surface area contributed by atoms with Crippen molar-refractivity contribution in [1.29, 1.82) is 0 Å². The largest absolute Gasteiger partial charge is 0.378 e. The highest BCUT2D eigenvalue weighted by atomic mass is 19.1. The Kier molecular flexibility index (Phi) is 4.76. The van der Waals surface area contributed by atoms with Gasteiger partial charge >= 0.3 is 0 Å². The predicted molar refractivity (Wildman–Crippen MR) is 83.1 cm³/mol. The van der Waals surface area contributed by atoms with Crippen LogP contribution in [0.5, 0.6) is 0 Å². The van der Waals surface area contributed by atoms with E-state index in [-0.39, 0.29) is 5.82 Å². The molecule has 4 heteroatoms. The summed E-state index contributed by atoms with van der Waals surface area (Å²) < 4.78 is 20.0. The van der Waals surface area contributed by atoms with E-state index >= 15 is 0 Å². The van der Waals surface area contributed by atoms with Gasteiger partial charge in [-0.3, -0.25) is 0 Å². The van der Waals surface area contributed by atoms with Crippen molar-refractivity contribution in [2.75, 3.05) is 24.6 Å². The van der Waals surface area contributed by atoms with E-state index in [2.05, 4.69) is 10.2 Å². The van der Waals surface area contributed by atoms with Crippen molar-refractivity contribution in [3.05, 3.63) is 29.6 Å². The quantitative estimate of drug-likeness (QED) is 0.872. The Morgan fingerprint density at radius 1 is 1.24 bits per heavy atom. The number of hydrogen-bond donors (Lipinski definition) is 1. The summed E-state index contributed by atoms with van der Waals surface area (Å²) >= 11 is 0. The van der Waals surface area contributed by atoms with Crippen molar-refractivity contribution in [2.24, 2.45) is 0 Å². The van der Waals surface area contributed by atoms with Crippen LogP contribution in [0, 0.1) is 5.82 Å². The number of piperidine rings is 1. The number of nitrogens with one attached hydrogen (secondary N) is 1. The van der Waals surface area contributed by atoms with Gasteiger partial charge in [-0.2, -0.15) is 0 Å². The Morgan fingerprint density at radius 2 is 2.00 bits per heavy atom. The first-order valence-electron chi connectivity index (χ1n) is 8.14. The molecule has 116 valence electrons. The van der Waals surface area contributed by atoms with Crippen molar-refractivity contribution < 1.29 is 9.13 Å². The summed E-state index contributed by atoms with van der Waals surface area (Å²) in [6, 6.07) is 6.31. The molecule has 0 radical (unpaired) electrons. The van der Waals surface area contributed by atoms with Gasteiger partial charge in [-0.15, -0.1) is 0 Å². The number of ether oxygens (including phenoxy) is 1. The molecule has 1 aliphatic carbocycles. The van der Waals surface area contributed by atoms with Crippen LogP contribution in [-0.4, -0.2) is 31.8 Å². The summed E-state index contributed by atoms with van der Waals surface area (Å²) in [7, 11) is 0. The smallest absolute Gasteiger partial charge is 0.146 e. The number of rotatable bonds is 6. The highest BCUT2D eigenvalue weighted by Gasteiger charge is 2.22. The molecular weight excluding hydrogens is 267 g/mol. The van der Waals surface area contributed by atoms with E-state index < -0.39 is 0 Å². The molecule has 0 bridgehead atoms. The maximum atomic E-state index is 14.3. The first-order chi connectivity index (χ1) is 10.3. The van der Waals surface area contributed by atoms with Crippen LogP contribution in [0.15, 0.2) is 18.2 Å². The summed E-state index contributed by atoms with van der Waals surface area (Å²) in [6.45, 7) is 5.32. The number of benzene rings is 1. The molecule has 1 saturated carbocycles. The minimum Gasteiger partial charge on any atom is -0.378 e. The monoisotopic (exact) mass is 292 g/mol. The molecule has 0 aromatic heterocycles. The van der Waals surface area contributed by atoms with Crippen LogP contribution in [0.1, 0.15) is 38.2 Å². The average Bonchev–Trinajstić information content (AvgIpc) is 3.31. The average molecular weight is 292 g/mol. The molecule has 2 aliphatic rings. The Balaban J connectivity index is 1.57. The molecule has 0 atom stereocenters. The minimum atomic E-state index is -0.0973. The van der Waals surface area contributed by atoms with Crippen LogP contribution in [0.4, 0.5) is 10.1 Å². The van der Waals surface area contributed by atoms with Crippen LogP contribution in [0.2, 0.25) is 0 Å². The fourth-order valence-electron chi connectivity index (χ4n) is 2.97. The fraction of sp³-hybridized carbons (Fsp3) is 0.647. The summed E-state index contributed by atoms with van der Waals surface area (Å²) in [5.74, 6) is -0.0973. The van der Waals surface area contributed by atoms with Crippen LogP contribution in [0.25, 0.3) is 0 Å². The molecule has 2 fully saturated rings. The molecule has 1 aliphatic heterocycles. The lowest BCUT2D eigenvalue weighted by Gasteiger charge is -2.33. The van der Waals surface area contributed by atoms with Crippen molar-refractivity contribution in [1.82, 2.24) is 5.32 Å². The van der Waals surface area contributed by atoms with E-state index in [9.17, 15) is 4.39 Å². The third-order valence-corrected chi connectivity index (χ3v) is 4.37. The molecule has 3 rings (SSSR count). The first-order valence-corrected chi connectivity index (χ1v) is 8.14. The molecular formula is C17H25FN2O. The molecule has 3 nitrogen and oxygen atoms in total. The van der Waals surface area contributed by atoms with Gasteiger partial charge in [0.25, 0.3) is 0 Å². The van der Waals surface area contributed by atoms with E-state index in [1.165, 1.54) is 12.8 Å². The van der Waals surface area contributed by atoms with Gasteiger partial charge in [0.15, 0.2) is 0 Å². The number of anilines is 1. The molecule has 21 heavy (non-hydrogen) atoms. The van der Waals surface area contributed by atoms with E-state index in [1.807, 2.05) is 19.1 Å². The number of halogens is 1. The highest BCUT2D eigenvalue weighted by molar-refractivity contribution is 5.49. The molecule has 1 heterocycles. The lowest BCUT2D eigenvalue weighted by molar-refractivity contribution is 0.0458. The SMILES string of the molecule is CCOC1CCN(c2ccc(CNC3CC3)cc2F)CC1. The van der Waals surface area contributed by atoms with Gasteiger partial charge in [-0.1, -0.05) is 6.07 Å². The molecule has 1 aromatic rings. The van der Waals surface area contributed by atoms with Gasteiger partial charge in [0.1, 0.15) is 5.82 Å². The van der Waals surface area contributed by atoms with Crippen LogP contribution < -0.4 is 10.2 Å². The molecule has 1 saturated heterocycles. The maximum absolute atomic E-state index is 14.3. The lowest BCUT2D eigenvalue weighted by atomic mass is 10.1. The minimum absolute atomic E-state index is 0.0973. The van der Waals surface area contributed by atoms with Gasteiger partial charge in [0.2, 0.25) is 0 Å². The fourth-order valence-corrected chi connectivity index (χ4v) is 2.97. The zero-order chi connectivity index (χ0) is 14.7. The zero-order valence-electron chi connectivity index (χ0n) is 12.8. The van der Waals surface area contributed by atoms with Crippen LogP contribution >= 0.6 is 0 Å². The van der Waals surface area contributed by atoms with E-state index in [4.69, 9.17) is 4.74 Å². The molecule has 0 unspecified atom stereocenters. The summed E-state index contributed by atoms with van der Waals surface area (Å²) in [5, 5.41) is 3.42. The van der Waals surface area contributed by atoms with Gasteiger partial charge in [-0.25, -0.2) is 4.39 Å². The zero-order valence-corrected chi connectivity index (χ0v) is 12.8. The molecule has 1 aromatic carbocycles. The van der Waals surface area contributed by atoms with Crippen molar-refractivity contribution >= 4 is 5.69 Å². The third kappa shape index (κ3) is 3.95. The second-order valence-electron chi connectivity index (χ2n) is 6.08. The van der Waals surface area contributed by atoms with Gasteiger partial charge in [-0.05, 0) is 50.3 Å². The topological polar surface area (TPSA) is 24.5 Å². The predicted octanol–water partition coefficient (Wildman–Crippen LogP) is 3.08. The third-order valence-electron chi connectivity index (χ3n) is 4.37. The van der Waals surface area contributed by atoms with E-state index in [1.54, 1.807) is 6.07 Å². The Bertz CT molecular complexity index is 468. The first kappa shape index (κ1) is 14.8. The number of nitrogens with zero attached hydrogens (tertiary/aromatic N) is 1. The Hall–Kier alpha value is -1.13. The number of hydrogen-bond acceptors (Lipinski definition) is 3. The normalized spacial score (nSPS) is 20.0. The maximum Gasteiger partial charge on any atom is 0.146 e. The molecule has 1 N–H and O–H groups in total. The van der Waals surface area contributed by atoms with Crippen LogP contribution in [-0.2, 0) is 11.3 Å². The molecule has 0 spiro atoms. The van der Waals surface area contributed by atoms with Gasteiger partial charge in [0, 0.05) is 32.3 Å². The van der Waals surface area contributed by atoms with Crippen molar-refractivity contribution in [3.8, 4) is 0 Å². The standard InChI is InChI=1S/C17H25FN2O/c1-2-21-15-7-9-20(10-8-15)17-6-3-13(11-16(17)18)12-19-14-4-5-14/h3,6,11,14-15,19H,2,4-5,7-10,12H2,1H3. The Morgan fingerprint density at radius 3 is 2.62 bits per heavy atom. The van der Waals surface area contributed by atoms with E-state index in [0.717, 1.165) is 50.3 Å². The Labute approximate surface area is 126 Å². The highest BCUT2D eigenvalue weighted by Crippen LogP contribution is 2.26. The van der Waals surface area contributed by atoms with Crippen molar-refractivity contribution in [2.45, 2.75) is 51.3 Å². The van der Waals surface area contributed by atoms with E-state index in [0.29, 0.717) is 12.1 Å². The lowest BCUT2D eigenvalue weighted by Crippen LogP contribution is -2.37. The summed E-state index contributed by atoms with van der Waals surface area (Å²) in [4.78, 5) is 2.14. The van der Waals surface area contributed by atoms with Crippen LogP contribution in [0.3, 0.4) is 0 Å².